The van der Waals surface area contributed by atoms with Gasteiger partial charge in [-0.05, 0) is 0 Å². The number of hydrogen-bond donors (Lipinski definition) is 0. The summed E-state index contributed by atoms with van der Waals surface area (Å²) in [5, 5.41) is 16.9. The fourth-order valence-electron chi connectivity index (χ4n) is 12.2. The quantitative estimate of drug-likeness (QED) is 0.147. The zero-order valence-corrected chi connectivity index (χ0v) is 36.5. The Kier molecular flexibility index (Phi) is 8.42. The Hall–Kier alpha value is -5.31. The van der Waals surface area contributed by atoms with Crippen molar-refractivity contribution >= 4 is 61.5 Å². The van der Waals surface area contributed by atoms with Gasteiger partial charge in [-0.3, -0.25) is 0 Å². The molecule has 0 amide bonds. The van der Waals surface area contributed by atoms with Gasteiger partial charge >= 0.3 is 350 Å². The molecule has 8 aromatic carbocycles. The SMILES string of the molecule is CCC1=C(c2cccc3ccccc23)c2c3cccc2[Si](c2ccccc2)(c2ccccc2)c2cccc4c2C(c2cccc5ccccc25)=C(CC)[CH]4[Ti]([CH3])([CH3])[CH]13. The summed E-state index contributed by atoms with van der Waals surface area (Å²) in [5.74, 6) is 0. The van der Waals surface area contributed by atoms with Crippen molar-refractivity contribution in [2.75, 3.05) is 0 Å². The van der Waals surface area contributed by atoms with E-state index in [9.17, 15) is 0 Å². The van der Waals surface area contributed by atoms with E-state index in [-0.39, 0.29) is 0 Å². The zero-order valence-electron chi connectivity index (χ0n) is 33.9. The van der Waals surface area contributed by atoms with Crippen LogP contribution in [0.25, 0.3) is 32.7 Å². The summed E-state index contributed by atoms with van der Waals surface area (Å²) in [6, 6.07) is 70.9. The van der Waals surface area contributed by atoms with Gasteiger partial charge in [0.15, 0.2) is 0 Å². The molecule has 2 aliphatic carbocycles. The molecule has 0 fully saturated rings. The topological polar surface area (TPSA) is 0 Å². The normalized spacial score (nSPS) is 18.6. The first-order valence-corrected chi connectivity index (χ1v) is 28.2. The van der Waals surface area contributed by atoms with Crippen LogP contribution >= 0.6 is 0 Å². The van der Waals surface area contributed by atoms with Crippen LogP contribution in [0.4, 0.5) is 0 Å². The van der Waals surface area contributed by atoms with Gasteiger partial charge < -0.3 is 0 Å². The second kappa shape index (κ2) is 13.6. The molecule has 280 valence electrons. The Morgan fingerprint density at radius 1 is 0.414 bits per heavy atom. The van der Waals surface area contributed by atoms with Gasteiger partial charge in [0.2, 0.25) is 0 Å². The van der Waals surface area contributed by atoms with Crippen LogP contribution in [-0.2, 0) is 16.6 Å². The third-order valence-electron chi connectivity index (χ3n) is 14.2. The molecular weight excluding hydrogens is 749 g/mol. The summed E-state index contributed by atoms with van der Waals surface area (Å²) in [6.45, 7) is 4.91. The average Bonchev–Trinajstić information content (AvgIpc) is 3.81. The van der Waals surface area contributed by atoms with Crippen molar-refractivity contribution in [1.29, 1.82) is 0 Å². The molecule has 1 aliphatic heterocycles. The summed E-state index contributed by atoms with van der Waals surface area (Å²) < 4.78 is 0.834. The Morgan fingerprint density at radius 3 is 1.22 bits per heavy atom. The van der Waals surface area contributed by atoms with E-state index in [2.05, 4.69) is 206 Å². The Labute approximate surface area is 348 Å². The van der Waals surface area contributed by atoms with E-state index in [1.165, 1.54) is 75.7 Å². The van der Waals surface area contributed by atoms with E-state index in [1.54, 1.807) is 22.3 Å². The fourth-order valence-corrected chi connectivity index (χ4v) is 25.1. The molecule has 0 aromatic heterocycles. The maximum absolute atomic E-state index is 3.09. The van der Waals surface area contributed by atoms with Crippen molar-refractivity contribution in [2.45, 2.75) is 45.6 Å². The first-order valence-electron chi connectivity index (χ1n) is 21.3. The minimum atomic E-state index is -3.09. The minimum absolute atomic E-state index is 0.417. The molecule has 0 nitrogen and oxygen atoms in total. The van der Waals surface area contributed by atoms with E-state index in [4.69, 9.17) is 0 Å². The second-order valence-electron chi connectivity index (χ2n) is 17.3. The van der Waals surface area contributed by atoms with Crippen LogP contribution in [0.5, 0.6) is 0 Å². The van der Waals surface area contributed by atoms with E-state index in [1.807, 2.05) is 0 Å². The van der Waals surface area contributed by atoms with Crippen LogP contribution in [0.3, 0.4) is 0 Å². The molecule has 0 saturated heterocycles. The molecular formula is C56H48SiTi. The number of allylic oxidation sites excluding steroid dienone is 2. The predicted octanol–water partition coefficient (Wildman–Crippen LogP) is 12.2. The molecule has 11 rings (SSSR count). The molecule has 0 N–H and O–H groups in total. The summed E-state index contributed by atoms with van der Waals surface area (Å²) in [5.41, 5.74) is 15.4. The third kappa shape index (κ3) is 4.85. The molecule has 2 unspecified atom stereocenters. The molecule has 2 heteroatoms. The van der Waals surface area contributed by atoms with Gasteiger partial charge in [0.1, 0.15) is 0 Å². The number of hydrogen-bond acceptors (Lipinski definition) is 0. The molecule has 2 atom stereocenters. The number of fused-ring (bicyclic) bond motifs is 2. The summed E-state index contributed by atoms with van der Waals surface area (Å²) in [6.07, 6.45) is 2.07. The van der Waals surface area contributed by atoms with Crippen LogP contribution in [0.15, 0.2) is 193 Å². The van der Waals surface area contributed by atoms with Crippen molar-refractivity contribution in [3.63, 3.8) is 0 Å². The molecule has 0 spiro atoms. The standard InChI is InChI=1S/C54H42Si.2CH3.Ti/c1-3-37-35-41-23-17-33-49(53(41)51(37)47-31-15-21-39-19-11-13-29-45(39)47)55(43-25-7-5-8-26-43,44-27-9-6-10-28-44)50-34-18-24-42-36-38(4-2)52(54(42)50)48-32-16-22-40-20-12-14-30-46(40)48;;;/h5-36H,3-4H2,1-2H3;2*1H3;. The predicted molar refractivity (Wildman–Crippen MR) is 248 cm³/mol. The fraction of sp³-hybridized carbons (Fsp3) is 0.143. The van der Waals surface area contributed by atoms with E-state index < -0.39 is 24.7 Å². The van der Waals surface area contributed by atoms with Crippen molar-refractivity contribution < 1.29 is 16.6 Å². The molecule has 58 heavy (non-hydrogen) atoms. The summed E-state index contributed by atoms with van der Waals surface area (Å²) in [7, 11) is -3.09. The van der Waals surface area contributed by atoms with E-state index in [0.717, 1.165) is 12.8 Å². The van der Waals surface area contributed by atoms with Crippen molar-refractivity contribution in [3.8, 4) is 0 Å². The van der Waals surface area contributed by atoms with Crippen molar-refractivity contribution in [2.24, 2.45) is 0 Å². The number of rotatable bonds is 6. The molecule has 0 saturated carbocycles. The summed E-state index contributed by atoms with van der Waals surface area (Å²) in [4.78, 5) is 0. The van der Waals surface area contributed by atoms with Crippen LogP contribution in [-0.4, -0.2) is 8.07 Å². The van der Waals surface area contributed by atoms with Crippen LogP contribution in [0.2, 0.25) is 10.5 Å². The molecule has 8 bridgehead atoms. The molecule has 0 radical (unpaired) electrons. The molecule has 1 heterocycles. The monoisotopic (exact) mass is 796 g/mol. The van der Waals surface area contributed by atoms with Gasteiger partial charge in [-0.1, -0.05) is 0 Å². The van der Waals surface area contributed by atoms with Crippen molar-refractivity contribution in [3.05, 3.63) is 227 Å². The van der Waals surface area contributed by atoms with Gasteiger partial charge in [0.25, 0.3) is 0 Å². The first-order chi connectivity index (χ1) is 28.5. The zero-order chi connectivity index (χ0) is 39.2. The molecule has 8 aromatic rings. The van der Waals surface area contributed by atoms with Gasteiger partial charge in [0, 0.05) is 0 Å². The van der Waals surface area contributed by atoms with Crippen molar-refractivity contribution in [1.82, 2.24) is 0 Å². The van der Waals surface area contributed by atoms with Crippen LogP contribution < -0.4 is 20.7 Å². The van der Waals surface area contributed by atoms with Gasteiger partial charge in [0.05, 0.1) is 0 Å². The Bertz CT molecular complexity index is 2790. The summed E-state index contributed by atoms with van der Waals surface area (Å²) >= 11 is -3.05. The van der Waals surface area contributed by atoms with Gasteiger partial charge in [-0.2, -0.15) is 0 Å². The number of benzene rings is 8. The third-order valence-corrected chi connectivity index (χ3v) is 25.8. The Balaban J connectivity index is 1.39. The van der Waals surface area contributed by atoms with E-state index >= 15 is 0 Å². The van der Waals surface area contributed by atoms with Gasteiger partial charge in [-0.15, -0.1) is 0 Å². The first kappa shape index (κ1) is 35.8. The van der Waals surface area contributed by atoms with Crippen LogP contribution in [0, 0.1) is 0 Å². The average molecular weight is 797 g/mol. The maximum atomic E-state index is 2.80. The Morgan fingerprint density at radius 2 is 0.793 bits per heavy atom. The van der Waals surface area contributed by atoms with E-state index in [0.29, 0.717) is 8.45 Å². The van der Waals surface area contributed by atoms with Gasteiger partial charge in [-0.25, -0.2) is 0 Å². The molecule has 3 aliphatic rings. The second-order valence-corrected chi connectivity index (χ2v) is 28.5. The van der Waals surface area contributed by atoms with Crippen LogP contribution in [0.1, 0.15) is 68.5 Å².